The molecular weight excluding hydrogens is 392 g/mol. The molecule has 0 saturated heterocycles. The molecule has 0 radical (unpaired) electrons. The highest BCUT2D eigenvalue weighted by atomic mass is 16.6. The van der Waals surface area contributed by atoms with E-state index in [2.05, 4.69) is 10.6 Å². The summed E-state index contributed by atoms with van der Waals surface area (Å²) in [5.41, 5.74) is 11.7. The van der Waals surface area contributed by atoms with Crippen LogP contribution in [-0.4, -0.2) is 37.2 Å². The van der Waals surface area contributed by atoms with Crippen molar-refractivity contribution in [2.75, 3.05) is 23.8 Å². The summed E-state index contributed by atoms with van der Waals surface area (Å²) in [6, 6.07) is 12.3. The van der Waals surface area contributed by atoms with Crippen molar-refractivity contribution < 1.29 is 28.7 Å². The molecule has 2 aromatic rings. The van der Waals surface area contributed by atoms with Crippen LogP contribution in [0.15, 0.2) is 48.5 Å². The molecule has 6 N–H and O–H groups in total. The van der Waals surface area contributed by atoms with Gasteiger partial charge in [0.15, 0.2) is 0 Å². The van der Waals surface area contributed by atoms with Crippen LogP contribution in [0.1, 0.15) is 33.6 Å². The molecule has 30 heavy (non-hydrogen) atoms. The lowest BCUT2D eigenvalue weighted by Gasteiger charge is -2.09. The van der Waals surface area contributed by atoms with E-state index in [0.29, 0.717) is 24.2 Å². The standard InChI is InChI=1S/C20H22N4O6/c21-17(25)13-5-3-7-15(11-13)23-19(27)29-9-1-2-10-30-20(28)24-16-8-4-6-14(12-16)18(22)26/h3-8,11-12H,1-2,9-10H2,(H2,21,25)(H2,22,26)(H,23,27)(H,24,28). The van der Waals surface area contributed by atoms with Gasteiger partial charge in [-0.25, -0.2) is 9.59 Å². The molecule has 4 amide bonds. The first-order chi connectivity index (χ1) is 14.3. The minimum Gasteiger partial charge on any atom is -0.449 e. The van der Waals surface area contributed by atoms with Gasteiger partial charge in [-0.2, -0.15) is 0 Å². The summed E-state index contributed by atoms with van der Waals surface area (Å²) in [7, 11) is 0. The zero-order valence-electron chi connectivity index (χ0n) is 16.1. The number of carbonyl (C=O) groups is 4. The van der Waals surface area contributed by atoms with Crippen LogP contribution in [0.5, 0.6) is 0 Å². The number of hydrogen-bond acceptors (Lipinski definition) is 6. The Labute approximate surface area is 172 Å². The molecule has 0 bridgehead atoms. The number of unbranched alkanes of at least 4 members (excludes halogenated alkanes) is 1. The first-order valence-corrected chi connectivity index (χ1v) is 9.02. The molecule has 0 saturated carbocycles. The van der Waals surface area contributed by atoms with Crippen LogP contribution < -0.4 is 22.1 Å². The second kappa shape index (κ2) is 11.1. The van der Waals surface area contributed by atoms with Crippen LogP contribution in [0, 0.1) is 0 Å². The highest BCUT2D eigenvalue weighted by Gasteiger charge is 2.07. The summed E-state index contributed by atoms with van der Waals surface area (Å²) >= 11 is 0. The SMILES string of the molecule is NC(=O)c1cccc(NC(=O)OCCCCOC(=O)Nc2cccc(C(N)=O)c2)c1. The third-order valence-electron chi connectivity index (χ3n) is 3.79. The molecule has 10 nitrogen and oxygen atoms in total. The van der Waals surface area contributed by atoms with Crippen LogP contribution >= 0.6 is 0 Å². The van der Waals surface area contributed by atoms with E-state index in [9.17, 15) is 19.2 Å². The van der Waals surface area contributed by atoms with E-state index in [4.69, 9.17) is 20.9 Å². The van der Waals surface area contributed by atoms with Crippen LogP contribution in [-0.2, 0) is 9.47 Å². The Kier molecular flexibility index (Phi) is 8.18. The van der Waals surface area contributed by atoms with E-state index in [1.165, 1.54) is 24.3 Å². The van der Waals surface area contributed by atoms with E-state index in [1.807, 2.05) is 0 Å². The molecule has 0 aliphatic carbocycles. The quantitative estimate of drug-likeness (QED) is 0.461. The number of amides is 4. The Hall–Kier alpha value is -4.08. The van der Waals surface area contributed by atoms with Crippen molar-refractivity contribution >= 4 is 35.4 Å². The first-order valence-electron chi connectivity index (χ1n) is 9.02. The first kappa shape index (κ1) is 22.2. The molecule has 0 aromatic heterocycles. The number of benzene rings is 2. The summed E-state index contributed by atoms with van der Waals surface area (Å²) < 4.78 is 10.0. The minimum atomic E-state index is -0.676. The topological polar surface area (TPSA) is 163 Å². The van der Waals surface area contributed by atoms with Crippen LogP contribution in [0.25, 0.3) is 0 Å². The maximum atomic E-state index is 11.7. The minimum absolute atomic E-state index is 0.118. The van der Waals surface area contributed by atoms with E-state index in [0.717, 1.165) is 0 Å². The van der Waals surface area contributed by atoms with Gasteiger partial charge in [0.2, 0.25) is 11.8 Å². The molecule has 0 heterocycles. The predicted octanol–water partition coefficient (Wildman–Crippen LogP) is 2.46. The average Bonchev–Trinajstić information content (AvgIpc) is 2.71. The zero-order valence-corrected chi connectivity index (χ0v) is 16.1. The van der Waals surface area contributed by atoms with Gasteiger partial charge in [0.1, 0.15) is 0 Å². The van der Waals surface area contributed by atoms with Gasteiger partial charge >= 0.3 is 12.2 Å². The predicted molar refractivity (Wildman–Crippen MR) is 109 cm³/mol. The molecule has 0 fully saturated rings. The molecular formula is C20H22N4O6. The number of ether oxygens (including phenoxy) is 2. The molecule has 10 heteroatoms. The lowest BCUT2D eigenvalue weighted by atomic mass is 10.2. The van der Waals surface area contributed by atoms with Crippen molar-refractivity contribution in [2.45, 2.75) is 12.8 Å². The third kappa shape index (κ3) is 7.50. The maximum Gasteiger partial charge on any atom is 0.411 e. The highest BCUT2D eigenvalue weighted by molar-refractivity contribution is 5.95. The summed E-state index contributed by atoms with van der Waals surface area (Å²) in [6.07, 6.45) is -0.410. The normalized spacial score (nSPS) is 10.0. The van der Waals surface area contributed by atoms with Gasteiger partial charge in [-0.15, -0.1) is 0 Å². The molecule has 0 aliphatic rings. The van der Waals surface area contributed by atoms with E-state index < -0.39 is 24.0 Å². The molecule has 158 valence electrons. The smallest absolute Gasteiger partial charge is 0.411 e. The molecule has 2 rings (SSSR count). The van der Waals surface area contributed by atoms with Gasteiger partial charge in [0.25, 0.3) is 0 Å². The van der Waals surface area contributed by atoms with Gasteiger partial charge < -0.3 is 20.9 Å². The largest absolute Gasteiger partial charge is 0.449 e. The fourth-order valence-electron chi connectivity index (χ4n) is 2.34. The average molecular weight is 414 g/mol. The summed E-state index contributed by atoms with van der Waals surface area (Å²) in [6.45, 7) is 0.236. The molecule has 2 aromatic carbocycles. The molecule has 0 aliphatic heterocycles. The Morgan fingerprint density at radius 3 is 1.47 bits per heavy atom. The summed E-state index contributed by atoms with van der Waals surface area (Å²) in [4.78, 5) is 45.7. The summed E-state index contributed by atoms with van der Waals surface area (Å²) in [5.74, 6) is -1.20. The van der Waals surface area contributed by atoms with Crippen molar-refractivity contribution in [3.8, 4) is 0 Å². The Bertz CT molecular complexity index is 856. The van der Waals surface area contributed by atoms with E-state index in [-0.39, 0.29) is 24.3 Å². The number of hydrogen-bond donors (Lipinski definition) is 4. The van der Waals surface area contributed by atoms with Crippen LogP contribution in [0.2, 0.25) is 0 Å². The van der Waals surface area contributed by atoms with E-state index >= 15 is 0 Å². The van der Waals surface area contributed by atoms with Crippen molar-refractivity contribution in [1.29, 1.82) is 0 Å². The van der Waals surface area contributed by atoms with Crippen LogP contribution in [0.3, 0.4) is 0 Å². The number of nitrogens with one attached hydrogen (secondary N) is 2. The molecule has 0 atom stereocenters. The van der Waals surface area contributed by atoms with Gasteiger partial charge in [-0.05, 0) is 49.2 Å². The fraction of sp³-hybridized carbons (Fsp3) is 0.200. The van der Waals surface area contributed by atoms with Gasteiger partial charge in [0.05, 0.1) is 13.2 Å². The zero-order chi connectivity index (χ0) is 21.9. The third-order valence-corrected chi connectivity index (χ3v) is 3.79. The number of anilines is 2. The lowest BCUT2D eigenvalue weighted by Crippen LogP contribution is -2.17. The van der Waals surface area contributed by atoms with Crippen molar-refractivity contribution in [2.24, 2.45) is 11.5 Å². The molecule has 0 unspecified atom stereocenters. The monoisotopic (exact) mass is 414 g/mol. The molecule has 0 spiro atoms. The Morgan fingerprint density at radius 1 is 0.700 bits per heavy atom. The van der Waals surface area contributed by atoms with Gasteiger partial charge in [0, 0.05) is 22.5 Å². The Balaban J connectivity index is 1.61. The van der Waals surface area contributed by atoms with Crippen molar-refractivity contribution in [3.63, 3.8) is 0 Å². The van der Waals surface area contributed by atoms with E-state index in [1.54, 1.807) is 24.3 Å². The highest BCUT2D eigenvalue weighted by Crippen LogP contribution is 2.11. The second-order valence-electron chi connectivity index (χ2n) is 6.12. The van der Waals surface area contributed by atoms with Crippen molar-refractivity contribution in [1.82, 2.24) is 0 Å². The number of rotatable bonds is 9. The summed E-state index contributed by atoms with van der Waals surface area (Å²) in [5, 5.41) is 4.98. The van der Waals surface area contributed by atoms with Crippen LogP contribution in [0.4, 0.5) is 21.0 Å². The fourth-order valence-corrected chi connectivity index (χ4v) is 2.34. The van der Waals surface area contributed by atoms with Gasteiger partial charge in [-0.3, -0.25) is 20.2 Å². The lowest BCUT2D eigenvalue weighted by molar-refractivity contribution is 0.0992. The van der Waals surface area contributed by atoms with Gasteiger partial charge in [-0.1, -0.05) is 12.1 Å². The van der Waals surface area contributed by atoms with Crippen molar-refractivity contribution in [3.05, 3.63) is 59.7 Å². The number of nitrogens with two attached hydrogens (primary N) is 2. The second-order valence-corrected chi connectivity index (χ2v) is 6.12. The number of primary amides is 2. The Morgan fingerprint density at radius 2 is 1.10 bits per heavy atom. The number of carbonyl (C=O) groups excluding carboxylic acids is 4. The maximum absolute atomic E-state index is 11.7.